The summed E-state index contributed by atoms with van der Waals surface area (Å²) < 4.78 is 5.59. The van der Waals surface area contributed by atoms with Gasteiger partial charge in [0.15, 0.2) is 0 Å². The highest BCUT2D eigenvalue weighted by Gasteiger charge is 2.03. The standard InChI is InChI=1S/C14H14N2O/c15-16-14(13-9-5-2-6-10-13)17-11-12-7-3-1-4-8-12/h1-10H,11,15H2/b16-14-. The van der Waals surface area contributed by atoms with E-state index in [9.17, 15) is 0 Å². The Hall–Kier alpha value is -2.29. The molecule has 0 saturated carbocycles. The lowest BCUT2D eigenvalue weighted by atomic mass is 10.2. The number of nitrogens with zero attached hydrogens (tertiary/aromatic N) is 1. The van der Waals surface area contributed by atoms with Crippen LogP contribution in [0.5, 0.6) is 0 Å². The number of nitrogens with two attached hydrogens (primary N) is 1. The fourth-order valence-corrected chi connectivity index (χ4v) is 1.50. The SMILES string of the molecule is N/N=C(\OCc1ccccc1)c1ccccc1. The molecule has 0 fully saturated rings. The van der Waals surface area contributed by atoms with E-state index in [1.807, 2.05) is 60.7 Å². The molecule has 2 aromatic carbocycles. The molecule has 0 atom stereocenters. The lowest BCUT2D eigenvalue weighted by molar-refractivity contribution is 0.292. The van der Waals surface area contributed by atoms with Gasteiger partial charge in [0.1, 0.15) is 6.61 Å². The maximum atomic E-state index is 5.59. The first-order valence-electron chi connectivity index (χ1n) is 5.40. The quantitative estimate of drug-likeness (QED) is 0.378. The van der Waals surface area contributed by atoms with Crippen LogP contribution in [0.1, 0.15) is 11.1 Å². The molecule has 0 unspecified atom stereocenters. The van der Waals surface area contributed by atoms with Gasteiger partial charge in [0.05, 0.1) is 0 Å². The molecule has 86 valence electrons. The number of ether oxygens (including phenoxy) is 1. The van der Waals surface area contributed by atoms with Crippen molar-refractivity contribution in [3.63, 3.8) is 0 Å². The van der Waals surface area contributed by atoms with Gasteiger partial charge >= 0.3 is 0 Å². The third-order valence-corrected chi connectivity index (χ3v) is 2.36. The topological polar surface area (TPSA) is 47.6 Å². The molecule has 2 rings (SSSR count). The van der Waals surface area contributed by atoms with Crippen molar-refractivity contribution in [3.05, 3.63) is 71.8 Å². The van der Waals surface area contributed by atoms with Gasteiger partial charge < -0.3 is 10.6 Å². The van der Waals surface area contributed by atoms with Gasteiger partial charge in [-0.3, -0.25) is 0 Å². The summed E-state index contributed by atoms with van der Waals surface area (Å²) in [5.74, 6) is 5.79. The van der Waals surface area contributed by atoms with E-state index in [2.05, 4.69) is 5.10 Å². The van der Waals surface area contributed by atoms with Crippen molar-refractivity contribution in [1.29, 1.82) is 0 Å². The number of rotatable bonds is 3. The summed E-state index contributed by atoms with van der Waals surface area (Å²) in [4.78, 5) is 0. The van der Waals surface area contributed by atoms with Crippen LogP contribution in [0.4, 0.5) is 0 Å². The van der Waals surface area contributed by atoms with E-state index in [1.165, 1.54) is 0 Å². The Balaban J connectivity index is 2.03. The number of hydrazone groups is 1. The van der Waals surface area contributed by atoms with Crippen molar-refractivity contribution < 1.29 is 4.74 Å². The molecule has 0 spiro atoms. The van der Waals surface area contributed by atoms with Crippen LogP contribution in [0.2, 0.25) is 0 Å². The Morgan fingerprint density at radius 1 is 0.941 bits per heavy atom. The fourth-order valence-electron chi connectivity index (χ4n) is 1.50. The average Bonchev–Trinajstić information content (AvgIpc) is 2.42. The maximum Gasteiger partial charge on any atom is 0.237 e. The molecular formula is C14H14N2O. The van der Waals surface area contributed by atoms with E-state index >= 15 is 0 Å². The number of hydrogen-bond donors (Lipinski definition) is 1. The second kappa shape index (κ2) is 5.70. The Morgan fingerprint density at radius 2 is 1.53 bits per heavy atom. The molecule has 3 nitrogen and oxygen atoms in total. The fraction of sp³-hybridized carbons (Fsp3) is 0.0714. The van der Waals surface area contributed by atoms with Gasteiger partial charge in [-0.25, -0.2) is 0 Å². The highest BCUT2D eigenvalue weighted by molar-refractivity contribution is 5.93. The molecule has 0 aromatic heterocycles. The van der Waals surface area contributed by atoms with Gasteiger partial charge in [0, 0.05) is 5.56 Å². The van der Waals surface area contributed by atoms with Crippen molar-refractivity contribution in [2.45, 2.75) is 6.61 Å². The van der Waals surface area contributed by atoms with Crippen LogP contribution in [0.25, 0.3) is 0 Å². The third kappa shape index (κ3) is 3.08. The minimum absolute atomic E-state index is 0.453. The van der Waals surface area contributed by atoms with Crippen LogP contribution >= 0.6 is 0 Å². The summed E-state index contributed by atoms with van der Waals surface area (Å²) in [5, 5.41) is 3.67. The summed E-state index contributed by atoms with van der Waals surface area (Å²) in [5.41, 5.74) is 1.97. The van der Waals surface area contributed by atoms with Crippen LogP contribution < -0.4 is 5.84 Å². The first-order chi connectivity index (χ1) is 8.40. The summed E-state index contributed by atoms with van der Waals surface area (Å²) >= 11 is 0. The monoisotopic (exact) mass is 226 g/mol. The van der Waals surface area contributed by atoms with Crippen LogP contribution in [0.3, 0.4) is 0 Å². The van der Waals surface area contributed by atoms with Crippen LogP contribution in [-0.2, 0) is 11.3 Å². The normalized spacial score (nSPS) is 11.2. The van der Waals surface area contributed by atoms with Crippen LogP contribution in [-0.4, -0.2) is 5.90 Å². The highest BCUT2D eigenvalue weighted by atomic mass is 16.5. The molecule has 0 amide bonds. The third-order valence-electron chi connectivity index (χ3n) is 2.36. The maximum absolute atomic E-state index is 5.59. The Morgan fingerprint density at radius 3 is 2.12 bits per heavy atom. The Kier molecular flexibility index (Phi) is 3.76. The van der Waals surface area contributed by atoms with E-state index < -0.39 is 0 Å². The molecule has 3 heteroatoms. The van der Waals surface area contributed by atoms with E-state index in [0.29, 0.717) is 12.5 Å². The van der Waals surface area contributed by atoms with Crippen molar-refractivity contribution in [1.82, 2.24) is 0 Å². The average molecular weight is 226 g/mol. The van der Waals surface area contributed by atoms with Gasteiger partial charge in [-0.15, -0.1) is 5.10 Å². The van der Waals surface area contributed by atoms with Gasteiger partial charge in [0.2, 0.25) is 5.90 Å². The van der Waals surface area contributed by atoms with Gasteiger partial charge in [-0.2, -0.15) is 0 Å². The molecule has 0 aliphatic carbocycles. The second-order valence-electron chi connectivity index (χ2n) is 3.57. The minimum atomic E-state index is 0.453. The van der Waals surface area contributed by atoms with Gasteiger partial charge in [0.25, 0.3) is 0 Å². The van der Waals surface area contributed by atoms with E-state index in [-0.39, 0.29) is 0 Å². The zero-order chi connectivity index (χ0) is 11.9. The Bertz CT molecular complexity index is 480. The predicted molar refractivity (Wildman–Crippen MR) is 68.4 cm³/mol. The zero-order valence-electron chi connectivity index (χ0n) is 9.41. The minimum Gasteiger partial charge on any atom is -0.471 e. The molecule has 0 radical (unpaired) electrons. The summed E-state index contributed by atoms with van der Waals surface area (Å²) in [6, 6.07) is 19.5. The first-order valence-corrected chi connectivity index (χ1v) is 5.40. The zero-order valence-corrected chi connectivity index (χ0v) is 9.41. The van der Waals surface area contributed by atoms with Crippen molar-refractivity contribution in [2.75, 3.05) is 0 Å². The second-order valence-corrected chi connectivity index (χ2v) is 3.57. The molecular weight excluding hydrogens is 212 g/mol. The lowest BCUT2D eigenvalue weighted by Gasteiger charge is -2.08. The summed E-state index contributed by atoms with van der Waals surface area (Å²) in [6.07, 6.45) is 0. The molecule has 2 N–H and O–H groups in total. The van der Waals surface area contributed by atoms with E-state index in [0.717, 1.165) is 11.1 Å². The highest BCUT2D eigenvalue weighted by Crippen LogP contribution is 2.06. The molecule has 0 aliphatic heterocycles. The number of benzene rings is 2. The van der Waals surface area contributed by atoms with E-state index in [1.54, 1.807) is 0 Å². The smallest absolute Gasteiger partial charge is 0.237 e. The Labute approximate surface area is 101 Å². The molecule has 0 heterocycles. The van der Waals surface area contributed by atoms with Crippen molar-refractivity contribution in [2.24, 2.45) is 10.9 Å². The first kappa shape index (κ1) is 11.2. The summed E-state index contributed by atoms with van der Waals surface area (Å²) in [6.45, 7) is 0.464. The molecule has 0 saturated heterocycles. The van der Waals surface area contributed by atoms with Gasteiger partial charge in [-0.05, 0) is 17.7 Å². The number of hydrogen-bond acceptors (Lipinski definition) is 3. The molecule has 0 bridgehead atoms. The molecule has 2 aromatic rings. The van der Waals surface area contributed by atoms with Crippen molar-refractivity contribution >= 4 is 5.90 Å². The van der Waals surface area contributed by atoms with Crippen molar-refractivity contribution in [3.8, 4) is 0 Å². The lowest BCUT2D eigenvalue weighted by Crippen LogP contribution is -2.09. The predicted octanol–water partition coefficient (Wildman–Crippen LogP) is 2.52. The van der Waals surface area contributed by atoms with Crippen LogP contribution in [0.15, 0.2) is 65.8 Å². The van der Waals surface area contributed by atoms with E-state index in [4.69, 9.17) is 10.6 Å². The largest absolute Gasteiger partial charge is 0.471 e. The van der Waals surface area contributed by atoms with Gasteiger partial charge in [-0.1, -0.05) is 48.5 Å². The molecule has 17 heavy (non-hydrogen) atoms. The van der Waals surface area contributed by atoms with Crippen LogP contribution in [0, 0.1) is 0 Å². The summed E-state index contributed by atoms with van der Waals surface area (Å²) in [7, 11) is 0. The molecule has 0 aliphatic rings.